The van der Waals surface area contributed by atoms with Gasteiger partial charge in [-0.3, -0.25) is 9.69 Å². The molecule has 0 radical (unpaired) electrons. The van der Waals surface area contributed by atoms with Gasteiger partial charge < -0.3 is 19.7 Å². The van der Waals surface area contributed by atoms with E-state index >= 15 is 0 Å². The third-order valence-corrected chi connectivity index (χ3v) is 8.55. The highest BCUT2D eigenvalue weighted by Crippen LogP contribution is 2.29. The zero-order valence-corrected chi connectivity index (χ0v) is 26.7. The van der Waals surface area contributed by atoms with Gasteiger partial charge in [0.1, 0.15) is 18.1 Å². The van der Waals surface area contributed by atoms with E-state index in [9.17, 15) is 14.7 Å². The molecule has 45 heavy (non-hydrogen) atoms. The molecule has 0 aliphatic carbocycles. The van der Waals surface area contributed by atoms with Crippen LogP contribution in [0.1, 0.15) is 35.1 Å². The molecular weight excluding hydrogens is 634 g/mol. The largest absolute Gasteiger partial charge is 0.489 e. The fraction of sp³-hybridized carbons (Fsp3) is 0.243. The number of hydrogen-bond acceptors (Lipinski definition) is 5. The number of piperidine rings is 1. The van der Waals surface area contributed by atoms with E-state index in [1.165, 1.54) is 5.56 Å². The number of carbonyl (C=O) groups is 2. The average Bonchev–Trinajstić information content (AvgIpc) is 3.04. The lowest BCUT2D eigenvalue weighted by atomic mass is 9.95. The Morgan fingerprint density at radius 3 is 2.02 bits per heavy atom. The molecule has 1 saturated heterocycles. The van der Waals surface area contributed by atoms with Crippen LogP contribution in [0, 0.1) is 12.8 Å². The summed E-state index contributed by atoms with van der Waals surface area (Å²) in [6, 6.07) is 30.7. The first-order valence-electron chi connectivity index (χ1n) is 14.9. The van der Waals surface area contributed by atoms with Gasteiger partial charge in [0.2, 0.25) is 0 Å². The third-order valence-electron chi connectivity index (χ3n) is 8.02. The molecule has 8 heteroatoms. The van der Waals surface area contributed by atoms with Crippen LogP contribution in [0.4, 0.5) is 0 Å². The van der Waals surface area contributed by atoms with Crippen LogP contribution in [0.15, 0.2) is 102 Å². The zero-order valence-electron chi connectivity index (χ0n) is 25.1. The molecule has 7 nitrogen and oxygen atoms in total. The summed E-state index contributed by atoms with van der Waals surface area (Å²) in [6.45, 7) is 4.27. The minimum Gasteiger partial charge on any atom is -0.489 e. The Morgan fingerprint density at radius 2 is 1.44 bits per heavy atom. The fourth-order valence-electron chi connectivity index (χ4n) is 5.51. The maximum Gasteiger partial charge on any atom is 0.341 e. The molecule has 0 bridgehead atoms. The molecule has 4 aromatic rings. The topological polar surface area (TPSA) is 96.3 Å². The molecule has 1 heterocycles. The summed E-state index contributed by atoms with van der Waals surface area (Å²) >= 11 is 3.53. The van der Waals surface area contributed by atoms with E-state index in [2.05, 4.69) is 87.6 Å². The van der Waals surface area contributed by atoms with Crippen LogP contribution < -0.4 is 9.47 Å². The Balaban J connectivity index is 1.26. The van der Waals surface area contributed by atoms with E-state index in [1.54, 1.807) is 12.1 Å². The Bertz CT molecular complexity index is 1640. The van der Waals surface area contributed by atoms with Crippen LogP contribution in [0.25, 0.3) is 16.7 Å². The molecule has 5 rings (SSSR count). The summed E-state index contributed by atoms with van der Waals surface area (Å²) in [6.07, 6.45) is 3.48. The van der Waals surface area contributed by atoms with Crippen molar-refractivity contribution in [3.05, 3.63) is 124 Å². The van der Waals surface area contributed by atoms with E-state index in [4.69, 9.17) is 14.6 Å². The van der Waals surface area contributed by atoms with Crippen molar-refractivity contribution in [2.45, 2.75) is 26.3 Å². The highest BCUT2D eigenvalue weighted by atomic mass is 79.9. The Hall–Kier alpha value is -4.40. The molecule has 1 fully saturated rings. The number of aryl methyl sites for hydroxylation is 1. The van der Waals surface area contributed by atoms with E-state index in [1.807, 2.05) is 25.1 Å². The van der Waals surface area contributed by atoms with Gasteiger partial charge in [-0.05, 0) is 108 Å². The minimum absolute atomic E-state index is 0.214. The second-order valence-electron chi connectivity index (χ2n) is 11.2. The number of aliphatic carboxylic acids is 2. The lowest BCUT2D eigenvalue weighted by Gasteiger charge is -2.30. The number of rotatable bonds is 12. The molecule has 0 amide bonds. The zero-order chi connectivity index (χ0) is 31.8. The van der Waals surface area contributed by atoms with Gasteiger partial charge in [0.05, 0.1) is 5.92 Å². The van der Waals surface area contributed by atoms with Gasteiger partial charge in [-0.1, -0.05) is 76.6 Å². The summed E-state index contributed by atoms with van der Waals surface area (Å²) in [4.78, 5) is 24.4. The van der Waals surface area contributed by atoms with Crippen molar-refractivity contribution >= 4 is 33.4 Å². The summed E-state index contributed by atoms with van der Waals surface area (Å²) in [5.41, 5.74) is 7.48. The van der Waals surface area contributed by atoms with Crippen LogP contribution in [0.2, 0.25) is 0 Å². The maximum absolute atomic E-state index is 11.2. The number of carboxylic acid groups (broad SMARTS) is 2. The quantitative estimate of drug-likeness (QED) is 0.160. The molecule has 1 aliphatic rings. The van der Waals surface area contributed by atoms with Crippen molar-refractivity contribution in [2.75, 3.05) is 26.3 Å². The first-order chi connectivity index (χ1) is 21.7. The summed E-state index contributed by atoms with van der Waals surface area (Å²) < 4.78 is 12.4. The van der Waals surface area contributed by atoms with Gasteiger partial charge in [0.25, 0.3) is 0 Å². The normalized spacial score (nSPS) is 14.2. The Kier molecular flexibility index (Phi) is 10.7. The average molecular weight is 671 g/mol. The number of carboxylic acids is 2. The molecular formula is C37H36BrNO6. The fourth-order valence-corrected chi connectivity index (χ4v) is 5.77. The lowest BCUT2D eigenvalue weighted by molar-refractivity contribution is -0.143. The van der Waals surface area contributed by atoms with Crippen LogP contribution in [-0.2, 0) is 16.1 Å². The molecule has 2 N–H and O–H groups in total. The molecule has 4 aromatic carbocycles. The summed E-state index contributed by atoms with van der Waals surface area (Å²) in [5, 5.41) is 18.1. The number of hydrogen-bond donors (Lipinski definition) is 2. The predicted octanol–water partition coefficient (Wildman–Crippen LogP) is 7.70. The van der Waals surface area contributed by atoms with Crippen LogP contribution >= 0.6 is 15.9 Å². The number of benzene rings is 4. The Labute approximate surface area is 271 Å². The number of ether oxygens (including phenoxy) is 2. The third kappa shape index (κ3) is 8.84. The molecule has 1 aliphatic heterocycles. The Morgan fingerprint density at radius 1 is 0.844 bits per heavy atom. The van der Waals surface area contributed by atoms with Crippen LogP contribution in [0.5, 0.6) is 11.5 Å². The molecule has 232 valence electrons. The van der Waals surface area contributed by atoms with E-state index < -0.39 is 11.9 Å². The first-order valence-corrected chi connectivity index (χ1v) is 15.7. The maximum atomic E-state index is 11.2. The molecule has 0 aromatic heterocycles. The van der Waals surface area contributed by atoms with Gasteiger partial charge in [0, 0.05) is 11.0 Å². The number of likely N-dealkylation sites (tertiary alicyclic amines) is 1. The van der Waals surface area contributed by atoms with Crippen molar-refractivity contribution in [2.24, 2.45) is 5.92 Å². The van der Waals surface area contributed by atoms with Crippen molar-refractivity contribution in [1.82, 2.24) is 4.90 Å². The van der Waals surface area contributed by atoms with Crippen molar-refractivity contribution in [3.8, 4) is 22.6 Å². The van der Waals surface area contributed by atoms with Crippen molar-refractivity contribution in [3.63, 3.8) is 0 Å². The van der Waals surface area contributed by atoms with Gasteiger partial charge in [0.15, 0.2) is 6.61 Å². The number of halogens is 1. The monoisotopic (exact) mass is 669 g/mol. The van der Waals surface area contributed by atoms with Gasteiger partial charge in [-0.2, -0.15) is 0 Å². The highest BCUT2D eigenvalue weighted by Gasteiger charge is 2.24. The van der Waals surface area contributed by atoms with Crippen LogP contribution in [-0.4, -0.2) is 53.4 Å². The van der Waals surface area contributed by atoms with E-state index in [0.29, 0.717) is 30.9 Å². The first kappa shape index (κ1) is 32.0. The molecule has 0 unspecified atom stereocenters. The SMILES string of the molecule is Cc1cc(OC/C=C(/c2ccc(Br)cc2)c2ccc(-c3ccc(CN4CCC(C(=O)O)CC4)cc3)cc2)ccc1OCC(=O)O. The second-order valence-corrected chi connectivity index (χ2v) is 12.1. The van der Waals surface area contributed by atoms with E-state index in [0.717, 1.165) is 57.5 Å². The summed E-state index contributed by atoms with van der Waals surface area (Å²) in [7, 11) is 0. The van der Waals surface area contributed by atoms with Crippen molar-refractivity contribution in [1.29, 1.82) is 0 Å². The van der Waals surface area contributed by atoms with Crippen LogP contribution in [0.3, 0.4) is 0 Å². The van der Waals surface area contributed by atoms with Crippen molar-refractivity contribution < 1.29 is 29.3 Å². The molecule has 0 saturated carbocycles. The number of nitrogens with zero attached hydrogens (tertiary/aromatic N) is 1. The minimum atomic E-state index is -1.02. The van der Waals surface area contributed by atoms with Gasteiger partial charge in [-0.15, -0.1) is 0 Å². The predicted molar refractivity (Wildman–Crippen MR) is 179 cm³/mol. The molecule has 0 atom stereocenters. The van der Waals surface area contributed by atoms with Gasteiger partial charge >= 0.3 is 11.9 Å². The van der Waals surface area contributed by atoms with E-state index in [-0.39, 0.29) is 12.5 Å². The standard InChI is InChI=1S/C37H36BrNO6/c1-25-22-33(14-15-35(25)45-24-36(40)41)44-21-18-34(30-10-12-32(38)13-11-30)29-8-6-28(7-9-29)27-4-2-26(3-5-27)23-39-19-16-31(17-20-39)37(42)43/h2-15,18,22,31H,16-17,19-21,23-24H2,1H3,(H,40,41)(H,42,43)/b34-18+. The van der Waals surface area contributed by atoms with Gasteiger partial charge in [-0.25, -0.2) is 4.79 Å². The smallest absolute Gasteiger partial charge is 0.341 e. The lowest BCUT2D eigenvalue weighted by Crippen LogP contribution is -2.35. The highest BCUT2D eigenvalue weighted by molar-refractivity contribution is 9.10. The second kappa shape index (κ2) is 15.1. The summed E-state index contributed by atoms with van der Waals surface area (Å²) in [5.74, 6) is -0.724. The molecule has 0 spiro atoms.